The van der Waals surface area contributed by atoms with E-state index < -0.39 is 11.8 Å². The zero-order valence-electron chi connectivity index (χ0n) is 10.6. The number of nitrogens with one attached hydrogen (secondary N) is 1. The second-order valence-electron chi connectivity index (χ2n) is 3.95. The molecule has 1 rings (SSSR count). The van der Waals surface area contributed by atoms with Crippen LogP contribution in [0.5, 0.6) is 0 Å². The largest absolute Gasteiger partial charge is 0.409 e. The van der Waals surface area contributed by atoms with Crippen LogP contribution < -0.4 is 11.1 Å². The summed E-state index contributed by atoms with van der Waals surface area (Å²) in [6.07, 6.45) is 0.718. The summed E-state index contributed by atoms with van der Waals surface area (Å²) in [6.45, 7) is 2.34. The smallest absolute Gasteiger partial charge is 0.322 e. The average molecular weight is 268 g/mol. The Morgan fingerprint density at radius 3 is 2.89 bits per heavy atom. The van der Waals surface area contributed by atoms with Gasteiger partial charge in [0.1, 0.15) is 5.82 Å². The van der Waals surface area contributed by atoms with Gasteiger partial charge in [0.2, 0.25) is 0 Å². The molecule has 0 radical (unpaired) electrons. The number of amidine groups is 1. The highest BCUT2D eigenvalue weighted by Crippen LogP contribution is 2.10. The number of hydrogen-bond acceptors (Lipinski definition) is 3. The van der Waals surface area contributed by atoms with Crippen molar-refractivity contribution in [2.45, 2.75) is 13.3 Å². The van der Waals surface area contributed by atoms with Crippen molar-refractivity contribution < 1.29 is 14.4 Å². The molecule has 0 saturated heterocycles. The van der Waals surface area contributed by atoms with Gasteiger partial charge in [0.15, 0.2) is 5.84 Å². The molecule has 19 heavy (non-hydrogen) atoms. The van der Waals surface area contributed by atoms with Crippen molar-refractivity contribution in [2.24, 2.45) is 10.9 Å². The second-order valence-corrected chi connectivity index (χ2v) is 3.95. The highest BCUT2D eigenvalue weighted by molar-refractivity contribution is 5.93. The fourth-order valence-electron chi connectivity index (χ4n) is 1.52. The minimum Gasteiger partial charge on any atom is -0.409 e. The zero-order chi connectivity index (χ0) is 14.3. The first-order valence-electron chi connectivity index (χ1n) is 5.84. The van der Waals surface area contributed by atoms with Crippen molar-refractivity contribution in [3.05, 3.63) is 30.1 Å². The lowest BCUT2D eigenvalue weighted by molar-refractivity contribution is 0.218. The first kappa shape index (κ1) is 14.7. The van der Waals surface area contributed by atoms with Gasteiger partial charge >= 0.3 is 6.03 Å². The lowest BCUT2D eigenvalue weighted by Crippen LogP contribution is -2.41. The standard InChI is InChI=1S/C12H17FN4O2/c1-2-6-17(8-11(14)16-19)12(18)15-10-5-3-4-9(13)7-10/h3-5,7,19H,2,6,8H2,1H3,(H2,14,16)(H,15,18). The normalized spacial score (nSPS) is 11.2. The lowest BCUT2D eigenvalue weighted by Gasteiger charge is -2.21. The van der Waals surface area contributed by atoms with Crippen molar-refractivity contribution in [3.63, 3.8) is 0 Å². The highest BCUT2D eigenvalue weighted by atomic mass is 19.1. The van der Waals surface area contributed by atoms with Gasteiger partial charge in [-0.25, -0.2) is 9.18 Å². The Kier molecular flexibility index (Phi) is 5.59. The molecular formula is C12H17FN4O2. The van der Waals surface area contributed by atoms with E-state index in [1.54, 1.807) is 6.07 Å². The molecule has 0 unspecified atom stereocenters. The Balaban J connectivity index is 2.71. The number of anilines is 1. The third kappa shape index (κ3) is 4.82. The van der Waals surface area contributed by atoms with Gasteiger partial charge in [-0.2, -0.15) is 0 Å². The number of rotatable bonds is 5. The Labute approximate surface area is 110 Å². The van der Waals surface area contributed by atoms with E-state index in [-0.39, 0.29) is 12.4 Å². The number of nitrogens with two attached hydrogens (primary N) is 1. The molecule has 0 atom stereocenters. The van der Waals surface area contributed by atoms with Gasteiger partial charge in [-0.1, -0.05) is 18.1 Å². The Morgan fingerprint density at radius 2 is 2.32 bits per heavy atom. The van der Waals surface area contributed by atoms with Crippen LogP contribution in [0.25, 0.3) is 0 Å². The van der Waals surface area contributed by atoms with Gasteiger partial charge in [0.05, 0.1) is 6.54 Å². The summed E-state index contributed by atoms with van der Waals surface area (Å²) >= 11 is 0. The predicted molar refractivity (Wildman–Crippen MR) is 70.7 cm³/mol. The molecule has 6 nitrogen and oxygen atoms in total. The van der Waals surface area contributed by atoms with Gasteiger partial charge in [-0.05, 0) is 24.6 Å². The van der Waals surface area contributed by atoms with Crippen molar-refractivity contribution >= 4 is 17.6 Å². The summed E-state index contributed by atoms with van der Waals surface area (Å²) in [7, 11) is 0. The summed E-state index contributed by atoms with van der Waals surface area (Å²) in [5.41, 5.74) is 5.73. The zero-order valence-corrected chi connectivity index (χ0v) is 10.6. The molecule has 7 heteroatoms. The molecule has 0 aliphatic rings. The number of benzene rings is 1. The number of amides is 2. The maximum absolute atomic E-state index is 13.0. The van der Waals surface area contributed by atoms with Crippen molar-refractivity contribution in [1.29, 1.82) is 0 Å². The van der Waals surface area contributed by atoms with E-state index in [9.17, 15) is 9.18 Å². The number of urea groups is 1. The van der Waals surface area contributed by atoms with E-state index in [1.165, 1.54) is 23.1 Å². The first-order chi connectivity index (χ1) is 9.06. The van der Waals surface area contributed by atoms with Gasteiger partial charge in [-0.3, -0.25) is 0 Å². The summed E-state index contributed by atoms with van der Waals surface area (Å²) < 4.78 is 13.0. The number of oxime groups is 1. The predicted octanol–water partition coefficient (Wildman–Crippen LogP) is 1.82. The van der Waals surface area contributed by atoms with E-state index >= 15 is 0 Å². The van der Waals surface area contributed by atoms with Crippen LogP contribution >= 0.6 is 0 Å². The number of hydrogen-bond donors (Lipinski definition) is 3. The van der Waals surface area contributed by atoms with Crippen LogP contribution in [0.15, 0.2) is 29.4 Å². The third-order valence-corrected chi connectivity index (χ3v) is 2.34. The van der Waals surface area contributed by atoms with Crippen LogP contribution in [-0.4, -0.2) is 35.1 Å². The summed E-state index contributed by atoms with van der Waals surface area (Å²) in [6, 6.07) is 5.15. The molecule has 1 aromatic carbocycles. The van der Waals surface area contributed by atoms with Gasteiger partial charge in [-0.15, -0.1) is 0 Å². The van der Waals surface area contributed by atoms with Crippen LogP contribution in [-0.2, 0) is 0 Å². The van der Waals surface area contributed by atoms with E-state index in [4.69, 9.17) is 10.9 Å². The Morgan fingerprint density at radius 1 is 1.58 bits per heavy atom. The summed E-state index contributed by atoms with van der Waals surface area (Å²) in [4.78, 5) is 13.3. The van der Waals surface area contributed by atoms with Crippen LogP contribution in [0.4, 0.5) is 14.9 Å². The molecule has 0 bridgehead atoms. The third-order valence-electron chi connectivity index (χ3n) is 2.34. The van der Waals surface area contributed by atoms with Crippen LogP contribution in [0.2, 0.25) is 0 Å². The minimum atomic E-state index is -0.434. The van der Waals surface area contributed by atoms with E-state index in [2.05, 4.69) is 10.5 Å². The van der Waals surface area contributed by atoms with E-state index in [0.717, 1.165) is 6.42 Å². The fraction of sp³-hybridized carbons (Fsp3) is 0.333. The molecule has 0 saturated carbocycles. The van der Waals surface area contributed by atoms with E-state index in [0.29, 0.717) is 12.2 Å². The fourth-order valence-corrected chi connectivity index (χ4v) is 1.52. The molecule has 0 aliphatic heterocycles. The molecule has 1 aromatic rings. The quantitative estimate of drug-likeness (QED) is 0.329. The average Bonchev–Trinajstić information content (AvgIpc) is 2.38. The molecule has 0 fully saturated rings. The van der Waals surface area contributed by atoms with Crippen LogP contribution in [0, 0.1) is 5.82 Å². The topological polar surface area (TPSA) is 90.9 Å². The lowest BCUT2D eigenvalue weighted by atomic mass is 10.3. The maximum Gasteiger partial charge on any atom is 0.322 e. The molecular weight excluding hydrogens is 251 g/mol. The number of halogens is 1. The van der Waals surface area contributed by atoms with Crippen LogP contribution in [0.3, 0.4) is 0 Å². The van der Waals surface area contributed by atoms with Crippen molar-refractivity contribution in [2.75, 3.05) is 18.4 Å². The minimum absolute atomic E-state index is 0.00545. The first-order valence-corrected chi connectivity index (χ1v) is 5.84. The SMILES string of the molecule is CCCN(CC(N)=NO)C(=O)Nc1cccc(F)c1. The monoisotopic (exact) mass is 268 g/mol. The number of carbonyl (C=O) groups excluding carboxylic acids is 1. The van der Waals surface area contributed by atoms with Gasteiger partial charge in [0, 0.05) is 12.2 Å². The van der Waals surface area contributed by atoms with Crippen LogP contribution in [0.1, 0.15) is 13.3 Å². The number of nitrogens with zero attached hydrogens (tertiary/aromatic N) is 2. The van der Waals surface area contributed by atoms with Gasteiger partial charge in [0.25, 0.3) is 0 Å². The molecule has 4 N–H and O–H groups in total. The second kappa shape index (κ2) is 7.20. The summed E-state index contributed by atoms with van der Waals surface area (Å²) in [5.74, 6) is -0.501. The van der Waals surface area contributed by atoms with Crippen molar-refractivity contribution in [3.8, 4) is 0 Å². The van der Waals surface area contributed by atoms with Crippen molar-refractivity contribution in [1.82, 2.24) is 4.90 Å². The molecule has 0 aromatic heterocycles. The number of carbonyl (C=O) groups is 1. The molecule has 2 amide bonds. The van der Waals surface area contributed by atoms with Gasteiger partial charge < -0.3 is 21.2 Å². The maximum atomic E-state index is 13.0. The molecule has 104 valence electrons. The molecule has 0 heterocycles. The molecule has 0 aliphatic carbocycles. The summed E-state index contributed by atoms with van der Waals surface area (Å²) in [5, 5.41) is 13.9. The molecule has 0 spiro atoms. The Hall–Kier alpha value is -2.31. The highest BCUT2D eigenvalue weighted by Gasteiger charge is 2.14. The van der Waals surface area contributed by atoms with E-state index in [1.807, 2.05) is 6.92 Å². The Bertz CT molecular complexity index is 465.